The number of carbonyl (C=O) groups is 2. The molecular weight excluding hydrogens is 288 g/mol. The molecule has 0 aliphatic carbocycles. The van der Waals surface area contributed by atoms with Gasteiger partial charge in [-0.05, 0) is 43.0 Å². The summed E-state index contributed by atoms with van der Waals surface area (Å²) in [6.45, 7) is 6.36. The summed E-state index contributed by atoms with van der Waals surface area (Å²) in [7, 11) is 0. The number of para-hydroxylation sites is 1. The molecule has 0 atom stereocenters. The highest BCUT2D eigenvalue weighted by Crippen LogP contribution is 2.15. The van der Waals surface area contributed by atoms with Crippen LogP contribution in [0.5, 0.6) is 0 Å². The predicted octanol–water partition coefficient (Wildman–Crippen LogP) is 3.12. The molecule has 0 saturated carbocycles. The smallest absolute Gasteiger partial charge is 0.313 e. The summed E-state index contributed by atoms with van der Waals surface area (Å²) in [4.78, 5) is 24.0. The lowest BCUT2D eigenvalue weighted by Gasteiger charge is -2.11. The fraction of sp³-hybridized carbons (Fsp3) is 0.263. The van der Waals surface area contributed by atoms with E-state index >= 15 is 0 Å². The Morgan fingerprint density at radius 2 is 1.70 bits per heavy atom. The topological polar surface area (TPSA) is 58.2 Å². The van der Waals surface area contributed by atoms with Crippen molar-refractivity contribution < 1.29 is 9.59 Å². The molecule has 2 amide bonds. The third-order valence-electron chi connectivity index (χ3n) is 3.79. The number of amides is 2. The first kappa shape index (κ1) is 16.7. The number of hydrogen-bond donors (Lipinski definition) is 2. The van der Waals surface area contributed by atoms with Gasteiger partial charge in [0.25, 0.3) is 0 Å². The molecule has 0 aliphatic heterocycles. The Bertz CT molecular complexity index is 723. The van der Waals surface area contributed by atoms with Crippen LogP contribution in [0, 0.1) is 13.8 Å². The van der Waals surface area contributed by atoms with E-state index in [2.05, 4.69) is 16.7 Å². The fourth-order valence-corrected chi connectivity index (χ4v) is 2.43. The molecule has 0 fully saturated rings. The van der Waals surface area contributed by atoms with Crippen molar-refractivity contribution in [3.63, 3.8) is 0 Å². The van der Waals surface area contributed by atoms with Gasteiger partial charge in [-0.2, -0.15) is 0 Å². The number of carbonyl (C=O) groups excluding carboxylic acids is 2. The van der Waals surface area contributed by atoms with Crippen molar-refractivity contribution in [3.8, 4) is 0 Å². The average Bonchev–Trinajstić information content (AvgIpc) is 2.54. The SMILES string of the molecule is CCc1ccccc1NC(=O)C(=O)NCc1ccc(C)cc1C. The highest BCUT2D eigenvalue weighted by atomic mass is 16.2. The molecule has 0 saturated heterocycles. The zero-order chi connectivity index (χ0) is 16.8. The number of benzene rings is 2. The lowest BCUT2D eigenvalue weighted by molar-refractivity contribution is -0.136. The largest absolute Gasteiger partial charge is 0.344 e. The first-order chi connectivity index (χ1) is 11.0. The normalized spacial score (nSPS) is 10.2. The average molecular weight is 310 g/mol. The van der Waals surface area contributed by atoms with Crippen LogP contribution >= 0.6 is 0 Å². The van der Waals surface area contributed by atoms with Gasteiger partial charge < -0.3 is 10.6 Å². The van der Waals surface area contributed by atoms with Crippen LogP contribution in [0.2, 0.25) is 0 Å². The molecule has 2 aromatic carbocycles. The van der Waals surface area contributed by atoms with Crippen molar-refractivity contribution in [2.75, 3.05) is 5.32 Å². The Morgan fingerprint density at radius 1 is 0.957 bits per heavy atom. The van der Waals surface area contributed by atoms with Crippen LogP contribution in [-0.2, 0) is 22.6 Å². The molecule has 0 heterocycles. The number of rotatable bonds is 4. The van der Waals surface area contributed by atoms with Gasteiger partial charge in [-0.15, -0.1) is 0 Å². The van der Waals surface area contributed by atoms with Crippen molar-refractivity contribution in [1.29, 1.82) is 0 Å². The molecule has 4 heteroatoms. The number of aryl methyl sites for hydroxylation is 3. The van der Waals surface area contributed by atoms with E-state index in [-0.39, 0.29) is 0 Å². The first-order valence-corrected chi connectivity index (χ1v) is 7.74. The van der Waals surface area contributed by atoms with E-state index in [1.54, 1.807) is 6.07 Å². The number of anilines is 1. The van der Waals surface area contributed by atoms with Gasteiger partial charge in [0.1, 0.15) is 0 Å². The van der Waals surface area contributed by atoms with E-state index in [0.29, 0.717) is 12.2 Å². The highest BCUT2D eigenvalue weighted by Gasteiger charge is 2.14. The maximum absolute atomic E-state index is 12.0. The first-order valence-electron chi connectivity index (χ1n) is 7.74. The summed E-state index contributed by atoms with van der Waals surface area (Å²) in [6.07, 6.45) is 0.792. The molecule has 2 rings (SSSR count). The van der Waals surface area contributed by atoms with E-state index in [4.69, 9.17) is 0 Å². The van der Waals surface area contributed by atoms with Crippen molar-refractivity contribution in [2.45, 2.75) is 33.7 Å². The second kappa shape index (κ2) is 7.58. The molecule has 0 unspecified atom stereocenters. The molecular formula is C19H22N2O2. The second-order valence-electron chi connectivity index (χ2n) is 5.58. The summed E-state index contributed by atoms with van der Waals surface area (Å²) in [6, 6.07) is 13.5. The van der Waals surface area contributed by atoms with Crippen LogP contribution in [0.3, 0.4) is 0 Å². The third kappa shape index (κ3) is 4.42. The van der Waals surface area contributed by atoms with Crippen LogP contribution in [0.15, 0.2) is 42.5 Å². The second-order valence-corrected chi connectivity index (χ2v) is 5.58. The minimum absolute atomic E-state index is 0.341. The Hall–Kier alpha value is -2.62. The van der Waals surface area contributed by atoms with Gasteiger partial charge in [-0.1, -0.05) is 48.9 Å². The number of nitrogens with one attached hydrogen (secondary N) is 2. The molecule has 0 spiro atoms. The van der Waals surface area contributed by atoms with Crippen LogP contribution in [0.1, 0.15) is 29.2 Å². The highest BCUT2D eigenvalue weighted by molar-refractivity contribution is 6.39. The molecule has 0 aromatic heterocycles. The lowest BCUT2D eigenvalue weighted by Crippen LogP contribution is -2.35. The molecule has 0 bridgehead atoms. The maximum atomic E-state index is 12.0. The van der Waals surface area contributed by atoms with Gasteiger partial charge in [0.2, 0.25) is 0 Å². The predicted molar refractivity (Wildman–Crippen MR) is 92.2 cm³/mol. The monoisotopic (exact) mass is 310 g/mol. The molecule has 2 N–H and O–H groups in total. The molecule has 23 heavy (non-hydrogen) atoms. The van der Waals surface area contributed by atoms with Crippen LogP contribution in [0.25, 0.3) is 0 Å². The summed E-state index contributed by atoms with van der Waals surface area (Å²) in [5, 5.41) is 5.34. The Balaban J connectivity index is 1.96. The van der Waals surface area contributed by atoms with Gasteiger partial charge in [0.05, 0.1) is 0 Å². The molecule has 0 aliphatic rings. The van der Waals surface area contributed by atoms with Crippen LogP contribution in [-0.4, -0.2) is 11.8 Å². The minimum Gasteiger partial charge on any atom is -0.344 e. The minimum atomic E-state index is -0.643. The quantitative estimate of drug-likeness (QED) is 0.853. The summed E-state index contributed by atoms with van der Waals surface area (Å²) in [5.74, 6) is -1.27. The van der Waals surface area contributed by atoms with E-state index in [0.717, 1.165) is 23.1 Å². The van der Waals surface area contributed by atoms with Gasteiger partial charge >= 0.3 is 11.8 Å². The van der Waals surface area contributed by atoms with E-state index in [1.165, 1.54) is 5.56 Å². The van der Waals surface area contributed by atoms with Gasteiger partial charge in [-0.25, -0.2) is 0 Å². The Morgan fingerprint density at radius 3 is 2.39 bits per heavy atom. The van der Waals surface area contributed by atoms with Gasteiger partial charge in [0.15, 0.2) is 0 Å². The lowest BCUT2D eigenvalue weighted by atomic mass is 10.1. The standard InChI is InChI=1S/C19H22N2O2/c1-4-15-7-5-6-8-17(15)21-19(23)18(22)20-12-16-10-9-13(2)11-14(16)3/h5-11H,4,12H2,1-3H3,(H,20,22)(H,21,23). The summed E-state index contributed by atoms with van der Waals surface area (Å²) >= 11 is 0. The van der Waals surface area contributed by atoms with Crippen molar-refractivity contribution in [2.24, 2.45) is 0 Å². The Kier molecular flexibility index (Phi) is 5.52. The summed E-state index contributed by atoms with van der Waals surface area (Å²) in [5.41, 5.74) is 4.96. The van der Waals surface area contributed by atoms with Gasteiger partial charge in [-0.3, -0.25) is 9.59 Å². The fourth-order valence-electron chi connectivity index (χ4n) is 2.43. The third-order valence-corrected chi connectivity index (χ3v) is 3.79. The maximum Gasteiger partial charge on any atom is 0.313 e. The molecule has 0 radical (unpaired) electrons. The molecule has 120 valence electrons. The van der Waals surface area contributed by atoms with E-state index < -0.39 is 11.8 Å². The van der Waals surface area contributed by atoms with Crippen LogP contribution in [0.4, 0.5) is 5.69 Å². The van der Waals surface area contributed by atoms with Gasteiger partial charge in [0, 0.05) is 12.2 Å². The Labute approximate surface area is 136 Å². The zero-order valence-corrected chi connectivity index (χ0v) is 13.8. The van der Waals surface area contributed by atoms with E-state index in [1.807, 2.05) is 51.1 Å². The van der Waals surface area contributed by atoms with Crippen LogP contribution < -0.4 is 10.6 Å². The van der Waals surface area contributed by atoms with Crippen molar-refractivity contribution in [3.05, 3.63) is 64.7 Å². The molecule has 4 nitrogen and oxygen atoms in total. The van der Waals surface area contributed by atoms with E-state index in [9.17, 15) is 9.59 Å². The van der Waals surface area contributed by atoms with Crippen molar-refractivity contribution in [1.82, 2.24) is 5.32 Å². The molecule has 2 aromatic rings. The summed E-state index contributed by atoms with van der Waals surface area (Å²) < 4.78 is 0. The zero-order valence-electron chi connectivity index (χ0n) is 13.8. The number of hydrogen-bond acceptors (Lipinski definition) is 2. The van der Waals surface area contributed by atoms with Crippen molar-refractivity contribution >= 4 is 17.5 Å².